The zero-order valence-corrected chi connectivity index (χ0v) is 35.4. The number of carbonyl (C=O) groups is 2. The van der Waals surface area contributed by atoms with Crippen LogP contribution in [0.1, 0.15) is 116 Å². The Labute approximate surface area is 337 Å². The van der Waals surface area contributed by atoms with Crippen molar-refractivity contribution in [3.63, 3.8) is 0 Å². The van der Waals surface area contributed by atoms with Crippen LogP contribution in [-0.4, -0.2) is 55.2 Å². The Kier molecular flexibility index (Phi) is 18.6. The van der Waals surface area contributed by atoms with Crippen molar-refractivity contribution in [1.82, 2.24) is 0 Å². The average molecular weight is 769 g/mol. The molecular formula is C49H68O7. The van der Waals surface area contributed by atoms with E-state index in [-0.39, 0.29) is 31.8 Å². The van der Waals surface area contributed by atoms with Gasteiger partial charge in [-0.05, 0) is 134 Å². The molecular weight excluding hydrogens is 701 g/mol. The fourth-order valence-electron chi connectivity index (χ4n) is 7.00. The highest BCUT2D eigenvalue weighted by Crippen LogP contribution is 2.42. The molecule has 0 atom stereocenters. The molecule has 56 heavy (non-hydrogen) atoms. The van der Waals surface area contributed by atoms with Gasteiger partial charge < -0.3 is 24.4 Å². The van der Waals surface area contributed by atoms with Crippen molar-refractivity contribution in [2.24, 2.45) is 10.8 Å². The van der Waals surface area contributed by atoms with Crippen LogP contribution >= 0.6 is 0 Å². The van der Waals surface area contributed by atoms with Crippen molar-refractivity contribution in [2.75, 3.05) is 33.0 Å². The maximum absolute atomic E-state index is 12.2. The summed E-state index contributed by atoms with van der Waals surface area (Å²) >= 11 is 0. The second kappa shape index (κ2) is 22.5. The van der Waals surface area contributed by atoms with Gasteiger partial charge in [0, 0.05) is 16.6 Å². The Balaban J connectivity index is 2.03. The number of aliphatic hydroxyl groups excluding tert-OH is 2. The standard InChI is InChI=1S/C49H68O7/c1-10-12-13-17-37-20-22-39(23-21-37)40-24-25-44(38(11-2)30-40)43-31-41(18-14-27-55-46(52)35(3)4)45(42(32-43)19-15-28-56-47(53)36(5)6)54-29-16-26-49(33-50,34-51)48(7,8)9/h20-25,30-32,50-51H,3,5,10-19,26-29,33-34H2,1-2,4,6-9H3. The molecule has 0 saturated carbocycles. The molecule has 0 unspecified atom stereocenters. The summed E-state index contributed by atoms with van der Waals surface area (Å²) in [5.74, 6) is -0.0440. The van der Waals surface area contributed by atoms with Gasteiger partial charge in [-0.25, -0.2) is 9.59 Å². The molecule has 0 bridgehead atoms. The summed E-state index contributed by atoms with van der Waals surface area (Å²) < 4.78 is 17.6. The molecule has 0 amide bonds. The summed E-state index contributed by atoms with van der Waals surface area (Å²) in [5, 5.41) is 20.7. The van der Waals surface area contributed by atoms with Gasteiger partial charge in [-0.2, -0.15) is 0 Å². The van der Waals surface area contributed by atoms with Gasteiger partial charge in [0.2, 0.25) is 0 Å². The van der Waals surface area contributed by atoms with Crippen LogP contribution in [0.3, 0.4) is 0 Å². The predicted octanol–water partition coefficient (Wildman–Crippen LogP) is 10.6. The fourth-order valence-corrected chi connectivity index (χ4v) is 7.00. The van der Waals surface area contributed by atoms with Crippen LogP contribution < -0.4 is 4.74 Å². The van der Waals surface area contributed by atoms with E-state index in [1.807, 2.05) is 20.8 Å². The Hall–Kier alpha value is -4.20. The van der Waals surface area contributed by atoms with Gasteiger partial charge in [0.1, 0.15) is 5.75 Å². The molecule has 7 nitrogen and oxygen atoms in total. The lowest BCUT2D eigenvalue weighted by Gasteiger charge is -2.42. The summed E-state index contributed by atoms with van der Waals surface area (Å²) in [4.78, 5) is 24.3. The Morgan fingerprint density at radius 2 is 1.18 bits per heavy atom. The molecule has 0 spiro atoms. The van der Waals surface area contributed by atoms with E-state index in [9.17, 15) is 19.8 Å². The molecule has 2 N–H and O–H groups in total. The smallest absolute Gasteiger partial charge is 0.333 e. The number of esters is 2. The van der Waals surface area contributed by atoms with Crippen LogP contribution in [0.2, 0.25) is 0 Å². The molecule has 0 aromatic heterocycles. The van der Waals surface area contributed by atoms with E-state index < -0.39 is 17.4 Å². The number of benzene rings is 3. The van der Waals surface area contributed by atoms with E-state index in [2.05, 4.69) is 81.6 Å². The van der Waals surface area contributed by atoms with Crippen molar-refractivity contribution in [1.29, 1.82) is 0 Å². The second-order valence-corrected chi connectivity index (χ2v) is 16.3. The zero-order valence-electron chi connectivity index (χ0n) is 35.4. The Morgan fingerprint density at radius 1 is 0.643 bits per heavy atom. The molecule has 3 aromatic rings. The first kappa shape index (κ1) is 46.2. The third kappa shape index (κ3) is 13.2. The lowest BCUT2D eigenvalue weighted by Crippen LogP contribution is -2.42. The van der Waals surface area contributed by atoms with Crippen LogP contribution in [0.5, 0.6) is 5.75 Å². The minimum atomic E-state index is -0.647. The zero-order chi connectivity index (χ0) is 41.3. The fraction of sp³-hybridized carbons (Fsp3) is 0.510. The van der Waals surface area contributed by atoms with Crippen LogP contribution in [0, 0.1) is 10.8 Å². The van der Waals surface area contributed by atoms with E-state index in [1.165, 1.54) is 41.5 Å². The summed E-state index contributed by atoms with van der Waals surface area (Å²) in [6.07, 6.45) is 9.24. The average Bonchev–Trinajstić information content (AvgIpc) is 3.18. The van der Waals surface area contributed by atoms with Crippen LogP contribution in [-0.2, 0) is 44.7 Å². The minimum Gasteiger partial charge on any atom is -0.493 e. The minimum absolute atomic E-state index is 0.118. The summed E-state index contributed by atoms with van der Waals surface area (Å²) in [7, 11) is 0. The van der Waals surface area contributed by atoms with Crippen molar-refractivity contribution in [2.45, 2.75) is 119 Å². The number of hydrogen-bond donors (Lipinski definition) is 2. The largest absolute Gasteiger partial charge is 0.493 e. The van der Waals surface area contributed by atoms with Gasteiger partial charge in [0.05, 0.1) is 33.0 Å². The number of aryl methyl sites for hydroxylation is 4. The van der Waals surface area contributed by atoms with E-state index in [1.54, 1.807) is 13.8 Å². The molecule has 7 heteroatoms. The number of unbranched alkanes of at least 4 members (excludes halogenated alkanes) is 2. The molecule has 306 valence electrons. The van der Waals surface area contributed by atoms with E-state index >= 15 is 0 Å². The summed E-state index contributed by atoms with van der Waals surface area (Å²) in [6.45, 7) is 21.9. The number of carbonyl (C=O) groups excluding carboxylic acids is 2. The van der Waals surface area contributed by atoms with Crippen LogP contribution in [0.15, 0.2) is 78.9 Å². The SMILES string of the molecule is C=C(C)C(=O)OCCCc1cc(-c2ccc(-c3ccc(CCCCC)cc3)cc2CC)cc(CCCOC(=O)C(=C)C)c1OCCCC(CO)(CO)C(C)(C)C. The van der Waals surface area contributed by atoms with Crippen molar-refractivity contribution in [3.8, 4) is 28.0 Å². The topological polar surface area (TPSA) is 102 Å². The highest BCUT2D eigenvalue weighted by Gasteiger charge is 2.40. The van der Waals surface area contributed by atoms with Gasteiger partial charge in [0.25, 0.3) is 0 Å². The molecule has 0 radical (unpaired) electrons. The molecule has 0 aliphatic rings. The maximum atomic E-state index is 12.2. The van der Waals surface area contributed by atoms with E-state index in [4.69, 9.17) is 14.2 Å². The summed E-state index contributed by atoms with van der Waals surface area (Å²) in [5.41, 5.74) is 8.97. The number of hydrogen-bond acceptors (Lipinski definition) is 7. The lowest BCUT2D eigenvalue weighted by molar-refractivity contribution is -0.139. The predicted molar refractivity (Wildman–Crippen MR) is 229 cm³/mol. The van der Waals surface area contributed by atoms with E-state index in [0.29, 0.717) is 56.3 Å². The van der Waals surface area contributed by atoms with Crippen molar-refractivity contribution >= 4 is 11.9 Å². The first-order valence-electron chi connectivity index (χ1n) is 20.6. The molecule has 3 rings (SSSR count). The van der Waals surface area contributed by atoms with Gasteiger partial charge in [-0.3, -0.25) is 0 Å². The van der Waals surface area contributed by atoms with Gasteiger partial charge in [-0.1, -0.05) is 103 Å². The third-order valence-electron chi connectivity index (χ3n) is 11.0. The van der Waals surface area contributed by atoms with Gasteiger partial charge >= 0.3 is 11.9 Å². The molecule has 0 saturated heterocycles. The number of aliphatic hydroxyl groups is 2. The molecule has 3 aromatic carbocycles. The van der Waals surface area contributed by atoms with Gasteiger partial charge in [0.15, 0.2) is 0 Å². The lowest BCUT2D eigenvalue weighted by atomic mass is 9.65. The van der Waals surface area contributed by atoms with Crippen molar-refractivity contribution < 1.29 is 34.0 Å². The molecule has 0 heterocycles. The quantitative estimate of drug-likeness (QED) is 0.0531. The van der Waals surface area contributed by atoms with Crippen LogP contribution in [0.4, 0.5) is 0 Å². The number of ether oxygens (including phenoxy) is 3. The Morgan fingerprint density at radius 3 is 1.66 bits per heavy atom. The number of rotatable bonds is 24. The highest BCUT2D eigenvalue weighted by atomic mass is 16.5. The highest BCUT2D eigenvalue weighted by molar-refractivity contribution is 5.87. The van der Waals surface area contributed by atoms with E-state index in [0.717, 1.165) is 40.8 Å². The van der Waals surface area contributed by atoms with Gasteiger partial charge in [-0.15, -0.1) is 0 Å². The monoisotopic (exact) mass is 768 g/mol. The molecule has 0 aliphatic carbocycles. The van der Waals surface area contributed by atoms with Crippen molar-refractivity contribution in [3.05, 3.63) is 101 Å². The Bertz CT molecular complexity index is 1690. The first-order chi connectivity index (χ1) is 26.7. The second-order valence-electron chi connectivity index (χ2n) is 16.3. The normalized spacial score (nSPS) is 11.7. The first-order valence-corrected chi connectivity index (χ1v) is 20.6. The summed E-state index contributed by atoms with van der Waals surface area (Å²) in [6, 6.07) is 20.1. The molecule has 0 aliphatic heterocycles. The maximum Gasteiger partial charge on any atom is 0.333 e. The molecule has 0 fully saturated rings. The van der Waals surface area contributed by atoms with Crippen LogP contribution in [0.25, 0.3) is 22.3 Å². The third-order valence-corrected chi connectivity index (χ3v) is 11.0.